The highest BCUT2D eigenvalue weighted by molar-refractivity contribution is 5.90. The Hall–Kier alpha value is -7.54. The number of hydrogen-bond donors (Lipinski definition) is 10. The van der Waals surface area contributed by atoms with Crippen molar-refractivity contribution in [3.05, 3.63) is 134 Å². The number of carbonyl (C=O) groups is 4. The second kappa shape index (κ2) is 62.8. The van der Waals surface area contributed by atoms with E-state index in [4.69, 9.17) is 49.7 Å². The number of unbranched alkanes of at least 4 members (excludes halogenated alkanes) is 3. The lowest BCUT2D eigenvalue weighted by atomic mass is 10.1. The van der Waals surface area contributed by atoms with Crippen molar-refractivity contribution in [2.45, 2.75) is 155 Å². The molecule has 0 saturated heterocycles. The molecule has 0 aliphatic heterocycles. The van der Waals surface area contributed by atoms with E-state index in [9.17, 15) is 24.3 Å². The van der Waals surface area contributed by atoms with Gasteiger partial charge in [0.1, 0.15) is 6.04 Å². The summed E-state index contributed by atoms with van der Waals surface area (Å²) in [7, 11) is 7.01. The van der Waals surface area contributed by atoms with Crippen LogP contribution in [-0.4, -0.2) is 106 Å². The zero-order valence-electron chi connectivity index (χ0n) is 47.5. The van der Waals surface area contributed by atoms with Crippen molar-refractivity contribution in [1.82, 2.24) is 0 Å². The Balaban J connectivity index is -0.000000297. The summed E-state index contributed by atoms with van der Waals surface area (Å²) in [4.78, 5) is 48.1. The third-order valence-electron chi connectivity index (χ3n) is 9.22. The molecular formula is C58H101N11O8+2. The van der Waals surface area contributed by atoms with Crippen LogP contribution in [0.5, 0.6) is 0 Å². The van der Waals surface area contributed by atoms with Crippen LogP contribution in [0.1, 0.15) is 149 Å². The van der Waals surface area contributed by atoms with Gasteiger partial charge < -0.3 is 53.9 Å². The van der Waals surface area contributed by atoms with E-state index >= 15 is 0 Å². The van der Waals surface area contributed by atoms with Gasteiger partial charge in [0.25, 0.3) is 11.9 Å². The normalized spacial score (nSPS) is 11.7. The molecule has 0 saturated carbocycles. The Labute approximate surface area is 461 Å². The lowest BCUT2D eigenvalue weighted by Crippen LogP contribution is -2.68. The zero-order chi connectivity index (χ0) is 59.2. The summed E-state index contributed by atoms with van der Waals surface area (Å²) in [5.41, 5.74) is 34.1. The maximum Gasteiger partial charge on any atom is 0.387 e. The van der Waals surface area contributed by atoms with Gasteiger partial charge in [-0.3, -0.25) is 35.0 Å². The van der Waals surface area contributed by atoms with Gasteiger partial charge in [0, 0.05) is 25.7 Å². The number of aliphatic imine (C=N–C) groups is 2. The zero-order valence-corrected chi connectivity index (χ0v) is 47.5. The largest absolute Gasteiger partial charge is 0.544 e. The van der Waals surface area contributed by atoms with Crippen LogP contribution in [-0.2, 0) is 19.2 Å². The molecule has 0 aliphatic rings. The number of guanidine groups is 4. The Morgan fingerprint density at radius 2 is 0.701 bits per heavy atom. The molecule has 19 nitrogen and oxygen atoms in total. The van der Waals surface area contributed by atoms with E-state index in [1.807, 2.05) is 12.2 Å². The van der Waals surface area contributed by atoms with Gasteiger partial charge in [-0.1, -0.05) is 154 Å². The van der Waals surface area contributed by atoms with Crippen molar-refractivity contribution < 1.29 is 54.5 Å². The number of hydrogen-bond acceptors (Lipinski definition) is 5. The van der Waals surface area contributed by atoms with Crippen LogP contribution in [0.2, 0.25) is 0 Å². The maximum absolute atomic E-state index is 10.3. The predicted molar refractivity (Wildman–Crippen MR) is 318 cm³/mol. The number of nitrogens with two attached hydrogens (primary N) is 6. The van der Waals surface area contributed by atoms with E-state index in [-0.39, 0.29) is 31.2 Å². The van der Waals surface area contributed by atoms with Crippen LogP contribution in [0.25, 0.3) is 0 Å². The van der Waals surface area contributed by atoms with Crippen molar-refractivity contribution in [1.29, 1.82) is 0 Å². The number of nitrogens with zero attached hydrogens (tertiary/aromatic N) is 4. The standard InChI is InChI=1S/C22H32O2.C20H30O2.C8H15NO4.2C4H11N5/c1-2-3-4-5-6-7-8-9-10-11-12-13-14-15-16-17-18-19-20-21-22(23)24;1-2-3-4-5-6-7-8-9-10-11-12-13-14-15-16-17-18-19-20(21)22;9-6(8(12)13)4-2-1-3-5-7(10)11;2*1-9(2)4(7)8-3(5)6/h3-4,6-7,9-10,12-13,15-16,18-19H,2,5,8,11,14,17,20-21H2,1H3,(H,23,24);3-4,6-7,9-10,12-13,15-16H,2,5,8,11,14,17-19H2,1H3,(H,21,22);6H,1-5,9H2,(H,10,11)(H,12,13);2*1-2H3,(H5,5,6,7,8)/p+2/b4-3-,7-6-,10-9-,13-12-,16-15-,19-18-;4-3-,7-6-,10-9-,13-12-,16-15-;;;/t;;6-;;/m..0../s1. The molecule has 434 valence electrons. The Morgan fingerprint density at radius 1 is 0.429 bits per heavy atom. The maximum atomic E-state index is 10.3. The van der Waals surface area contributed by atoms with E-state index < -0.39 is 29.9 Å². The number of allylic oxidation sites excluding steroid dienone is 22. The van der Waals surface area contributed by atoms with E-state index in [1.165, 1.54) is 0 Å². The summed E-state index contributed by atoms with van der Waals surface area (Å²) in [6.07, 6.45) is 63.5. The number of rotatable bonds is 34. The molecule has 0 amide bonds. The molecule has 0 rings (SSSR count). The summed E-state index contributed by atoms with van der Waals surface area (Å²) in [6, 6.07) is -0.676. The molecule has 0 unspecified atom stereocenters. The van der Waals surface area contributed by atoms with Crippen LogP contribution in [0.3, 0.4) is 0 Å². The molecule has 19 heteroatoms. The minimum Gasteiger partial charge on any atom is -0.544 e. The van der Waals surface area contributed by atoms with Gasteiger partial charge in [-0.25, -0.2) is 0 Å². The smallest absolute Gasteiger partial charge is 0.387 e. The monoisotopic (exact) mass is 1080 g/mol. The summed E-state index contributed by atoms with van der Waals surface area (Å²) >= 11 is 0. The average molecular weight is 1080 g/mol. The first-order valence-corrected chi connectivity index (χ1v) is 26.3. The Bertz CT molecular complexity index is 1950. The topological polar surface area (TPSA) is 367 Å². The van der Waals surface area contributed by atoms with Crippen LogP contribution in [0, 0.1) is 0 Å². The molecule has 0 aromatic rings. The lowest BCUT2D eigenvalue weighted by Gasteiger charge is -2.07. The summed E-state index contributed by atoms with van der Waals surface area (Å²) < 4.78 is 3.22. The summed E-state index contributed by atoms with van der Waals surface area (Å²) in [5, 5.41) is 35.5. The molecule has 1 atom stereocenters. The highest BCUT2D eigenvalue weighted by Crippen LogP contribution is 2.04. The molecule has 77 heavy (non-hydrogen) atoms. The van der Waals surface area contributed by atoms with Gasteiger partial charge in [-0.2, -0.15) is 0 Å². The Kier molecular flexibility index (Phi) is 63.9. The molecule has 0 spiro atoms. The molecule has 0 aromatic carbocycles. The van der Waals surface area contributed by atoms with Gasteiger partial charge in [0.05, 0.1) is 34.2 Å². The fourth-order valence-electron chi connectivity index (χ4n) is 5.01. The molecule has 0 aliphatic carbocycles. The number of carboxylic acid groups (broad SMARTS) is 4. The summed E-state index contributed by atoms with van der Waals surface area (Å²) in [5.74, 6) is -2.86. The Morgan fingerprint density at radius 3 is 0.948 bits per heavy atom. The minimum absolute atomic E-state index is 0.0267. The number of aliphatic carboxylic acids is 4. The van der Waals surface area contributed by atoms with E-state index in [1.54, 1.807) is 37.3 Å². The van der Waals surface area contributed by atoms with Crippen molar-refractivity contribution in [2.75, 3.05) is 28.2 Å². The lowest BCUT2D eigenvalue weighted by molar-refractivity contribution is -0.466. The highest BCUT2D eigenvalue weighted by Gasteiger charge is 2.06. The first kappa shape index (κ1) is 78.3. The van der Waals surface area contributed by atoms with E-state index in [0.29, 0.717) is 37.6 Å². The van der Waals surface area contributed by atoms with Gasteiger partial charge in [0.15, 0.2) is 0 Å². The van der Waals surface area contributed by atoms with Crippen LogP contribution < -0.4 is 45.2 Å². The fourth-order valence-corrected chi connectivity index (χ4v) is 5.01. The highest BCUT2D eigenvalue weighted by atomic mass is 16.4. The van der Waals surface area contributed by atoms with Crippen molar-refractivity contribution >= 4 is 47.7 Å². The first-order chi connectivity index (χ1) is 36.6. The van der Waals surface area contributed by atoms with E-state index in [0.717, 1.165) is 89.9 Å². The molecular weight excluding hydrogens is 979 g/mol. The number of quaternary nitrogens is 1. The second-order valence-corrected chi connectivity index (χ2v) is 16.9. The van der Waals surface area contributed by atoms with Crippen LogP contribution in [0.4, 0.5) is 0 Å². The number of carboxylic acids is 4. The quantitative estimate of drug-likeness (QED) is 0.0107. The minimum atomic E-state index is -1.14. The van der Waals surface area contributed by atoms with Gasteiger partial charge >= 0.3 is 29.8 Å². The van der Waals surface area contributed by atoms with Crippen LogP contribution >= 0.6 is 0 Å². The molecule has 0 heterocycles. The number of carbonyl (C=O) groups excluding carboxylic acids is 1. The van der Waals surface area contributed by atoms with Gasteiger partial charge in [0.2, 0.25) is 0 Å². The predicted octanol–water partition coefficient (Wildman–Crippen LogP) is 6.62. The second-order valence-electron chi connectivity index (χ2n) is 16.9. The third-order valence-corrected chi connectivity index (χ3v) is 9.22. The first-order valence-electron chi connectivity index (χ1n) is 26.3. The van der Waals surface area contributed by atoms with Crippen molar-refractivity contribution in [3.8, 4) is 0 Å². The summed E-state index contributed by atoms with van der Waals surface area (Å²) in [6.45, 7) is 4.29. The van der Waals surface area contributed by atoms with Crippen molar-refractivity contribution in [2.24, 2.45) is 44.4 Å². The van der Waals surface area contributed by atoms with E-state index in [2.05, 4.69) is 151 Å². The fraction of sp³-hybridized carbons (Fsp3) is 0.483. The van der Waals surface area contributed by atoms with Crippen LogP contribution in [0.15, 0.2) is 144 Å². The molecule has 0 aromatic heterocycles. The molecule has 0 radical (unpaired) electrons. The van der Waals surface area contributed by atoms with Gasteiger partial charge in [-0.15, -0.1) is 0 Å². The third kappa shape index (κ3) is 82.7. The average Bonchev–Trinajstić information content (AvgIpc) is 3.35. The molecule has 18 N–H and O–H groups in total. The SMILES string of the molecule is CC/C=C\C/C=C\C/C=C\C/C=C\C/C=C\C/C=C\CCC(=O)O.CC/C=C\C/C=C\C/C=C\C/C=C\C/C=C\CCCC(=O)O.C[N+](C)=C(N)N=C(N)N.C[N+](C)=C(N)N=C(N)N.[NH3+][C@@H](CCCCCC(=O)O)C(=O)[O-]. The van der Waals surface area contributed by atoms with Gasteiger partial charge in [-0.05, 0) is 113 Å². The van der Waals surface area contributed by atoms with Crippen molar-refractivity contribution in [3.63, 3.8) is 0 Å². The molecule has 0 bridgehead atoms. The molecule has 0 fully saturated rings.